The highest BCUT2D eigenvalue weighted by Crippen LogP contribution is 2.28. The Hall–Kier alpha value is -1.75. The second-order valence-electron chi connectivity index (χ2n) is 4.70. The number of halogens is 1. The number of hydrogen-bond donors (Lipinski definition) is 2. The van der Waals surface area contributed by atoms with Crippen molar-refractivity contribution in [3.05, 3.63) is 58.6 Å². The molecule has 0 aromatic heterocycles. The highest BCUT2D eigenvalue weighted by molar-refractivity contribution is 6.30. The molecule has 1 unspecified atom stereocenters. The maximum Gasteiger partial charge on any atom is 0.122 e. The van der Waals surface area contributed by atoms with Crippen LogP contribution in [-0.4, -0.2) is 14.2 Å². The Balaban J connectivity index is 2.25. The lowest BCUT2D eigenvalue weighted by molar-refractivity contribution is 0.391. The summed E-state index contributed by atoms with van der Waals surface area (Å²) in [5.41, 5.74) is 4.99. The average molecular weight is 307 g/mol. The predicted octanol–water partition coefficient (Wildman–Crippen LogP) is 3.10. The van der Waals surface area contributed by atoms with Gasteiger partial charge in [-0.15, -0.1) is 0 Å². The van der Waals surface area contributed by atoms with Gasteiger partial charge < -0.3 is 9.47 Å². The number of methoxy groups -OCH3 is 2. The maximum atomic E-state index is 5.90. The zero-order valence-electron chi connectivity index (χ0n) is 12.1. The number of hydrazine groups is 1. The summed E-state index contributed by atoms with van der Waals surface area (Å²) in [5, 5.41) is 0.721. The quantitative estimate of drug-likeness (QED) is 0.636. The van der Waals surface area contributed by atoms with Gasteiger partial charge in [0.1, 0.15) is 11.5 Å². The molecular weight excluding hydrogens is 288 g/mol. The summed E-state index contributed by atoms with van der Waals surface area (Å²) in [6.07, 6.45) is 0.740. The monoisotopic (exact) mass is 306 g/mol. The van der Waals surface area contributed by atoms with Crippen molar-refractivity contribution in [2.75, 3.05) is 14.2 Å². The SMILES string of the molecule is COc1cc(OC)cc(C(Cc2ccc(Cl)cc2)NN)c1. The van der Waals surface area contributed by atoms with Gasteiger partial charge in [-0.2, -0.15) is 0 Å². The molecule has 2 aromatic carbocycles. The number of nitrogens with two attached hydrogens (primary N) is 1. The molecular formula is C16H19ClN2O2. The molecule has 0 aliphatic rings. The Bertz CT molecular complexity index is 565. The Labute approximate surface area is 129 Å². The van der Waals surface area contributed by atoms with Crippen LogP contribution in [0.1, 0.15) is 17.2 Å². The number of hydrogen-bond acceptors (Lipinski definition) is 4. The first kappa shape index (κ1) is 15.6. The van der Waals surface area contributed by atoms with E-state index < -0.39 is 0 Å². The third kappa shape index (κ3) is 4.11. The first-order valence-electron chi connectivity index (χ1n) is 6.59. The van der Waals surface area contributed by atoms with Crippen LogP contribution in [-0.2, 0) is 6.42 Å². The zero-order valence-corrected chi connectivity index (χ0v) is 12.9. The molecule has 5 heteroatoms. The molecule has 0 aliphatic carbocycles. The lowest BCUT2D eigenvalue weighted by Crippen LogP contribution is -2.29. The van der Waals surface area contributed by atoms with E-state index in [2.05, 4.69) is 5.43 Å². The fourth-order valence-corrected chi connectivity index (χ4v) is 2.29. The van der Waals surface area contributed by atoms with Crippen molar-refractivity contribution in [1.29, 1.82) is 0 Å². The van der Waals surface area contributed by atoms with Gasteiger partial charge in [0.15, 0.2) is 0 Å². The Morgan fingerprint density at radius 1 is 1.05 bits per heavy atom. The van der Waals surface area contributed by atoms with Gasteiger partial charge in [0.2, 0.25) is 0 Å². The summed E-state index contributed by atoms with van der Waals surface area (Å²) in [7, 11) is 3.26. The van der Waals surface area contributed by atoms with Gasteiger partial charge in [-0.25, -0.2) is 0 Å². The average Bonchev–Trinajstić information content (AvgIpc) is 2.53. The summed E-state index contributed by atoms with van der Waals surface area (Å²) in [6, 6.07) is 13.4. The minimum Gasteiger partial charge on any atom is -0.497 e. The molecule has 0 spiro atoms. The zero-order chi connectivity index (χ0) is 15.2. The second-order valence-corrected chi connectivity index (χ2v) is 5.13. The normalized spacial score (nSPS) is 12.0. The lowest BCUT2D eigenvalue weighted by Gasteiger charge is -2.18. The van der Waals surface area contributed by atoms with Crippen LogP contribution in [0, 0.1) is 0 Å². The molecule has 1 atom stereocenters. The van der Waals surface area contributed by atoms with Gasteiger partial charge in [-0.1, -0.05) is 23.7 Å². The van der Waals surface area contributed by atoms with Gasteiger partial charge >= 0.3 is 0 Å². The fraction of sp³-hybridized carbons (Fsp3) is 0.250. The minimum absolute atomic E-state index is 0.0461. The smallest absolute Gasteiger partial charge is 0.122 e. The van der Waals surface area contributed by atoms with E-state index in [-0.39, 0.29) is 6.04 Å². The van der Waals surface area contributed by atoms with E-state index in [1.165, 1.54) is 0 Å². The fourth-order valence-electron chi connectivity index (χ4n) is 2.16. The Morgan fingerprint density at radius 2 is 1.62 bits per heavy atom. The number of nitrogens with one attached hydrogen (secondary N) is 1. The van der Waals surface area contributed by atoms with Gasteiger partial charge in [-0.05, 0) is 41.8 Å². The molecule has 0 amide bonds. The molecule has 3 N–H and O–H groups in total. The largest absolute Gasteiger partial charge is 0.497 e. The minimum atomic E-state index is -0.0461. The van der Waals surface area contributed by atoms with Crippen molar-refractivity contribution in [3.63, 3.8) is 0 Å². The summed E-state index contributed by atoms with van der Waals surface area (Å²) >= 11 is 5.90. The van der Waals surface area contributed by atoms with E-state index in [1.54, 1.807) is 14.2 Å². The first-order chi connectivity index (χ1) is 10.2. The highest BCUT2D eigenvalue weighted by atomic mass is 35.5. The standard InChI is InChI=1S/C16H19ClN2O2/c1-20-14-8-12(9-15(10-14)21-2)16(19-18)7-11-3-5-13(17)6-4-11/h3-6,8-10,16,19H,7,18H2,1-2H3. The summed E-state index contributed by atoms with van der Waals surface area (Å²) in [6.45, 7) is 0. The third-order valence-corrected chi connectivity index (χ3v) is 3.58. The van der Waals surface area contributed by atoms with E-state index in [0.717, 1.165) is 34.1 Å². The van der Waals surface area contributed by atoms with Gasteiger partial charge in [0, 0.05) is 11.1 Å². The van der Waals surface area contributed by atoms with E-state index in [9.17, 15) is 0 Å². The molecule has 112 valence electrons. The molecule has 0 radical (unpaired) electrons. The van der Waals surface area contributed by atoms with Crippen LogP contribution >= 0.6 is 11.6 Å². The van der Waals surface area contributed by atoms with Crippen LogP contribution < -0.4 is 20.7 Å². The van der Waals surface area contributed by atoms with Crippen molar-refractivity contribution >= 4 is 11.6 Å². The van der Waals surface area contributed by atoms with Crippen LogP contribution in [0.2, 0.25) is 5.02 Å². The Morgan fingerprint density at radius 3 is 2.10 bits per heavy atom. The predicted molar refractivity (Wildman–Crippen MR) is 84.8 cm³/mol. The van der Waals surface area contributed by atoms with Gasteiger partial charge in [0.25, 0.3) is 0 Å². The molecule has 0 bridgehead atoms. The molecule has 4 nitrogen and oxygen atoms in total. The topological polar surface area (TPSA) is 56.5 Å². The van der Waals surface area contributed by atoms with E-state index >= 15 is 0 Å². The third-order valence-electron chi connectivity index (χ3n) is 3.33. The number of benzene rings is 2. The van der Waals surface area contributed by atoms with Gasteiger partial charge in [0.05, 0.1) is 20.3 Å². The summed E-state index contributed by atoms with van der Waals surface area (Å²) in [4.78, 5) is 0. The molecule has 21 heavy (non-hydrogen) atoms. The van der Waals surface area contributed by atoms with Crippen molar-refractivity contribution in [2.45, 2.75) is 12.5 Å². The van der Waals surface area contributed by atoms with Crippen LogP contribution in [0.25, 0.3) is 0 Å². The first-order valence-corrected chi connectivity index (χ1v) is 6.97. The molecule has 0 saturated carbocycles. The van der Waals surface area contributed by atoms with Crippen molar-refractivity contribution in [3.8, 4) is 11.5 Å². The van der Waals surface area contributed by atoms with E-state index in [1.807, 2.05) is 42.5 Å². The second kappa shape index (κ2) is 7.31. The van der Waals surface area contributed by atoms with Gasteiger partial charge in [-0.3, -0.25) is 11.3 Å². The van der Waals surface area contributed by atoms with Crippen LogP contribution in [0.5, 0.6) is 11.5 Å². The molecule has 2 aromatic rings. The molecule has 0 saturated heterocycles. The van der Waals surface area contributed by atoms with Crippen LogP contribution in [0.15, 0.2) is 42.5 Å². The molecule has 0 heterocycles. The number of ether oxygens (including phenoxy) is 2. The molecule has 0 fully saturated rings. The van der Waals surface area contributed by atoms with E-state index in [0.29, 0.717) is 0 Å². The van der Waals surface area contributed by atoms with E-state index in [4.69, 9.17) is 26.9 Å². The Kier molecular flexibility index (Phi) is 5.44. The summed E-state index contributed by atoms with van der Waals surface area (Å²) < 4.78 is 10.6. The van der Waals surface area contributed by atoms with Crippen molar-refractivity contribution in [1.82, 2.24) is 5.43 Å². The molecule has 0 aliphatic heterocycles. The van der Waals surface area contributed by atoms with Crippen molar-refractivity contribution in [2.24, 2.45) is 5.84 Å². The lowest BCUT2D eigenvalue weighted by atomic mass is 9.99. The summed E-state index contributed by atoms with van der Waals surface area (Å²) in [5.74, 6) is 7.18. The van der Waals surface area contributed by atoms with Crippen LogP contribution in [0.4, 0.5) is 0 Å². The highest BCUT2D eigenvalue weighted by Gasteiger charge is 2.13. The maximum absolute atomic E-state index is 5.90. The molecule has 2 rings (SSSR count). The van der Waals surface area contributed by atoms with Crippen LogP contribution in [0.3, 0.4) is 0 Å². The van der Waals surface area contributed by atoms with Crippen molar-refractivity contribution < 1.29 is 9.47 Å². The number of rotatable bonds is 6.